The van der Waals surface area contributed by atoms with Crippen LogP contribution in [-0.4, -0.2) is 6.10 Å². The van der Waals surface area contributed by atoms with Crippen LogP contribution in [0.15, 0.2) is 6.58 Å². The van der Waals surface area contributed by atoms with Crippen LogP contribution < -0.4 is 4.74 Å². The molecule has 0 fully saturated rings. The van der Waals surface area contributed by atoms with Gasteiger partial charge in [0.1, 0.15) is 5.75 Å². The fraction of sp³-hybridized carbons (Fsp3) is 0.500. The first-order valence-corrected chi connectivity index (χ1v) is 6.20. The van der Waals surface area contributed by atoms with Crippen molar-refractivity contribution < 1.29 is 4.74 Å². The topological polar surface area (TPSA) is 9.23 Å². The van der Waals surface area contributed by atoms with Crippen LogP contribution in [0, 0.1) is 27.7 Å². The normalized spacial score (nSPS) is 10.8. The van der Waals surface area contributed by atoms with E-state index >= 15 is 0 Å². The van der Waals surface area contributed by atoms with E-state index in [-0.39, 0.29) is 6.10 Å². The molecule has 1 aromatic carbocycles. The molecular formula is C16H24O. The maximum atomic E-state index is 5.99. The smallest absolute Gasteiger partial charge is 0.130 e. The van der Waals surface area contributed by atoms with Crippen molar-refractivity contribution in [3.8, 4) is 5.75 Å². The van der Waals surface area contributed by atoms with Crippen LogP contribution in [0.25, 0.3) is 5.57 Å². The summed E-state index contributed by atoms with van der Waals surface area (Å²) in [6.45, 7) is 18.9. The fourth-order valence-electron chi connectivity index (χ4n) is 2.18. The monoisotopic (exact) mass is 232 g/mol. The average molecular weight is 232 g/mol. The minimum absolute atomic E-state index is 0.188. The zero-order valence-corrected chi connectivity index (χ0v) is 12.2. The Morgan fingerprint density at radius 2 is 1.41 bits per heavy atom. The average Bonchev–Trinajstić information content (AvgIpc) is 2.22. The summed E-state index contributed by atoms with van der Waals surface area (Å²) in [5.41, 5.74) is 7.44. The van der Waals surface area contributed by atoms with Crippen LogP contribution in [0.2, 0.25) is 0 Å². The second-order valence-corrected chi connectivity index (χ2v) is 5.15. The molecule has 94 valence electrons. The van der Waals surface area contributed by atoms with E-state index in [0.717, 1.165) is 11.3 Å². The molecule has 0 spiro atoms. The second kappa shape index (κ2) is 4.95. The summed E-state index contributed by atoms with van der Waals surface area (Å²) in [6.07, 6.45) is 0.188. The summed E-state index contributed by atoms with van der Waals surface area (Å²) in [5.74, 6) is 1.01. The number of rotatable bonds is 3. The quantitative estimate of drug-likeness (QED) is 0.731. The Hall–Kier alpha value is -1.24. The zero-order valence-electron chi connectivity index (χ0n) is 12.2. The van der Waals surface area contributed by atoms with E-state index < -0.39 is 0 Å². The van der Waals surface area contributed by atoms with Crippen molar-refractivity contribution in [2.45, 2.75) is 54.6 Å². The first kappa shape index (κ1) is 13.8. The van der Waals surface area contributed by atoms with Gasteiger partial charge in [0, 0.05) is 5.56 Å². The Balaban J connectivity index is 3.59. The molecule has 0 atom stereocenters. The lowest BCUT2D eigenvalue weighted by Crippen LogP contribution is -2.11. The van der Waals surface area contributed by atoms with Crippen LogP contribution in [0.5, 0.6) is 5.75 Å². The third-order valence-corrected chi connectivity index (χ3v) is 3.41. The summed E-state index contributed by atoms with van der Waals surface area (Å²) >= 11 is 0. The highest BCUT2D eigenvalue weighted by molar-refractivity contribution is 5.74. The molecule has 0 aliphatic rings. The van der Waals surface area contributed by atoms with Crippen molar-refractivity contribution >= 4 is 5.57 Å². The molecule has 0 aromatic heterocycles. The highest BCUT2D eigenvalue weighted by atomic mass is 16.5. The third-order valence-electron chi connectivity index (χ3n) is 3.41. The molecule has 0 bridgehead atoms. The summed E-state index contributed by atoms with van der Waals surface area (Å²) in [6, 6.07) is 0. The molecule has 0 amide bonds. The molecule has 17 heavy (non-hydrogen) atoms. The maximum absolute atomic E-state index is 5.99. The molecule has 1 aromatic rings. The predicted molar refractivity (Wildman–Crippen MR) is 75.9 cm³/mol. The number of ether oxygens (including phenoxy) is 1. The van der Waals surface area contributed by atoms with Crippen LogP contribution in [0.3, 0.4) is 0 Å². The molecule has 1 heteroatoms. The van der Waals surface area contributed by atoms with Gasteiger partial charge < -0.3 is 4.74 Å². The molecule has 0 heterocycles. The van der Waals surface area contributed by atoms with Gasteiger partial charge in [0.15, 0.2) is 0 Å². The van der Waals surface area contributed by atoms with Gasteiger partial charge >= 0.3 is 0 Å². The highest BCUT2D eigenvalue weighted by Gasteiger charge is 2.17. The maximum Gasteiger partial charge on any atom is 0.130 e. The van der Waals surface area contributed by atoms with Crippen molar-refractivity contribution in [2.24, 2.45) is 0 Å². The minimum Gasteiger partial charge on any atom is -0.490 e. The molecular weight excluding hydrogens is 208 g/mol. The lowest BCUT2D eigenvalue weighted by atomic mass is 9.90. The first-order chi connectivity index (χ1) is 7.77. The summed E-state index contributed by atoms with van der Waals surface area (Å²) in [4.78, 5) is 0. The van der Waals surface area contributed by atoms with Gasteiger partial charge in [-0.2, -0.15) is 0 Å². The van der Waals surface area contributed by atoms with Gasteiger partial charge in [0.2, 0.25) is 0 Å². The van der Waals surface area contributed by atoms with Crippen LogP contribution in [0.1, 0.15) is 48.6 Å². The van der Waals surface area contributed by atoms with Gasteiger partial charge in [0.05, 0.1) is 6.10 Å². The molecule has 0 saturated heterocycles. The van der Waals surface area contributed by atoms with Crippen LogP contribution in [0.4, 0.5) is 0 Å². The number of hydrogen-bond acceptors (Lipinski definition) is 1. The minimum atomic E-state index is 0.188. The molecule has 1 rings (SSSR count). The second-order valence-electron chi connectivity index (χ2n) is 5.15. The van der Waals surface area contributed by atoms with Crippen LogP contribution in [-0.2, 0) is 0 Å². The summed E-state index contributed by atoms with van der Waals surface area (Å²) in [7, 11) is 0. The molecule has 0 unspecified atom stereocenters. The van der Waals surface area contributed by atoms with Crippen molar-refractivity contribution in [3.05, 3.63) is 34.4 Å². The Morgan fingerprint density at radius 1 is 0.941 bits per heavy atom. The predicted octanol–water partition coefficient (Wildman–Crippen LogP) is 4.74. The number of benzene rings is 1. The van der Waals surface area contributed by atoms with E-state index in [1.807, 2.05) is 6.92 Å². The Kier molecular flexibility index (Phi) is 4.03. The van der Waals surface area contributed by atoms with Crippen molar-refractivity contribution in [1.82, 2.24) is 0 Å². The van der Waals surface area contributed by atoms with Gasteiger partial charge in [-0.1, -0.05) is 6.58 Å². The van der Waals surface area contributed by atoms with Crippen molar-refractivity contribution in [1.29, 1.82) is 0 Å². The van der Waals surface area contributed by atoms with Gasteiger partial charge in [-0.25, -0.2) is 0 Å². The first-order valence-electron chi connectivity index (χ1n) is 6.20. The van der Waals surface area contributed by atoms with Gasteiger partial charge in [0.25, 0.3) is 0 Å². The molecule has 0 saturated carbocycles. The van der Waals surface area contributed by atoms with Gasteiger partial charge in [-0.05, 0) is 76.3 Å². The van der Waals surface area contributed by atoms with Crippen molar-refractivity contribution in [3.63, 3.8) is 0 Å². The lowest BCUT2D eigenvalue weighted by molar-refractivity contribution is 0.239. The fourth-order valence-corrected chi connectivity index (χ4v) is 2.18. The molecule has 0 aliphatic carbocycles. The van der Waals surface area contributed by atoms with E-state index in [1.54, 1.807) is 0 Å². The van der Waals surface area contributed by atoms with E-state index in [0.29, 0.717) is 0 Å². The number of hydrogen-bond donors (Lipinski definition) is 0. The Labute approximate surface area is 106 Å². The van der Waals surface area contributed by atoms with E-state index in [4.69, 9.17) is 4.74 Å². The van der Waals surface area contributed by atoms with E-state index in [2.05, 4.69) is 48.1 Å². The lowest BCUT2D eigenvalue weighted by Gasteiger charge is -2.22. The van der Waals surface area contributed by atoms with Crippen LogP contribution >= 0.6 is 0 Å². The largest absolute Gasteiger partial charge is 0.490 e. The molecule has 0 radical (unpaired) electrons. The Morgan fingerprint density at radius 3 is 1.82 bits per heavy atom. The molecule has 0 aliphatic heterocycles. The summed E-state index contributed by atoms with van der Waals surface area (Å²) in [5, 5.41) is 0. The Bertz CT molecular complexity index is 453. The SMILES string of the molecule is C=C(C)c1c(C)c(C)c(C)c(C)c1OC(C)C. The van der Waals surface area contributed by atoms with E-state index in [9.17, 15) is 0 Å². The summed E-state index contributed by atoms with van der Waals surface area (Å²) < 4.78 is 5.99. The van der Waals surface area contributed by atoms with E-state index in [1.165, 1.54) is 27.8 Å². The van der Waals surface area contributed by atoms with Crippen molar-refractivity contribution in [2.75, 3.05) is 0 Å². The van der Waals surface area contributed by atoms with Gasteiger partial charge in [-0.15, -0.1) is 0 Å². The highest BCUT2D eigenvalue weighted by Crippen LogP contribution is 2.37. The molecule has 0 N–H and O–H groups in total. The van der Waals surface area contributed by atoms with Gasteiger partial charge in [-0.3, -0.25) is 0 Å². The third kappa shape index (κ3) is 2.54. The standard InChI is InChI=1S/C16H24O/c1-9(2)15-13(7)11(5)12(6)14(8)16(15)17-10(3)4/h10H,1H2,2-8H3. The molecule has 1 nitrogen and oxygen atoms in total. The number of allylic oxidation sites excluding steroid dienone is 1. The zero-order chi connectivity index (χ0) is 13.3.